The molecule has 1 saturated carbocycles. The van der Waals surface area contributed by atoms with Crippen molar-refractivity contribution in [2.24, 2.45) is 0 Å². The minimum Gasteiger partial charge on any atom is -0.352 e. The average molecular weight is 252 g/mol. The molecule has 1 aromatic rings. The van der Waals surface area contributed by atoms with Crippen molar-refractivity contribution in [1.82, 2.24) is 10.6 Å². The van der Waals surface area contributed by atoms with Gasteiger partial charge in [-0.25, -0.2) is 0 Å². The topological polar surface area (TPSA) is 41.1 Å². The lowest BCUT2D eigenvalue weighted by atomic mass is 10.2. The molecule has 0 bridgehead atoms. The van der Waals surface area contributed by atoms with E-state index in [2.05, 4.69) is 30.5 Å². The molecule has 4 heteroatoms. The van der Waals surface area contributed by atoms with Gasteiger partial charge in [0.2, 0.25) is 5.91 Å². The third-order valence-corrected chi connectivity index (χ3v) is 4.27. The van der Waals surface area contributed by atoms with Crippen molar-refractivity contribution >= 4 is 17.2 Å². The van der Waals surface area contributed by atoms with Crippen LogP contribution in [0.15, 0.2) is 6.07 Å². The number of carbonyl (C=O) groups excluding carboxylic acids is 1. The molecule has 0 aliphatic heterocycles. The van der Waals surface area contributed by atoms with E-state index in [1.807, 2.05) is 6.92 Å². The standard InChI is InChI=1S/C13H20N2OS/c1-8-6-12(17-10(8)3)7-14-9(2)13(16)15-11-4-5-11/h6,9,11,14H,4-5,7H2,1-3H3,(H,15,16). The smallest absolute Gasteiger partial charge is 0.237 e. The van der Waals surface area contributed by atoms with Gasteiger partial charge >= 0.3 is 0 Å². The first-order valence-corrected chi connectivity index (χ1v) is 6.97. The van der Waals surface area contributed by atoms with Gasteiger partial charge in [0.1, 0.15) is 0 Å². The Bertz CT molecular complexity index is 390. The summed E-state index contributed by atoms with van der Waals surface area (Å²) in [5.41, 5.74) is 1.34. The zero-order chi connectivity index (χ0) is 12.4. The Morgan fingerprint density at radius 3 is 2.76 bits per heavy atom. The van der Waals surface area contributed by atoms with Crippen LogP contribution in [0.3, 0.4) is 0 Å². The van der Waals surface area contributed by atoms with Crippen molar-refractivity contribution in [2.75, 3.05) is 0 Å². The molecule has 0 radical (unpaired) electrons. The zero-order valence-corrected chi connectivity index (χ0v) is 11.5. The summed E-state index contributed by atoms with van der Waals surface area (Å²) in [6.45, 7) is 6.95. The predicted octanol–water partition coefficient (Wildman–Crippen LogP) is 2.12. The maximum Gasteiger partial charge on any atom is 0.237 e. The van der Waals surface area contributed by atoms with E-state index in [1.165, 1.54) is 15.3 Å². The van der Waals surface area contributed by atoms with Crippen LogP contribution >= 0.6 is 11.3 Å². The lowest BCUT2D eigenvalue weighted by Crippen LogP contribution is -2.42. The Hall–Kier alpha value is -0.870. The minimum atomic E-state index is -0.113. The van der Waals surface area contributed by atoms with Gasteiger partial charge in [-0.15, -0.1) is 11.3 Å². The van der Waals surface area contributed by atoms with Gasteiger partial charge in [-0.1, -0.05) is 0 Å². The summed E-state index contributed by atoms with van der Waals surface area (Å²) in [4.78, 5) is 14.4. The second-order valence-corrected chi connectivity index (χ2v) is 6.18. The van der Waals surface area contributed by atoms with E-state index in [1.54, 1.807) is 11.3 Å². The minimum absolute atomic E-state index is 0.113. The van der Waals surface area contributed by atoms with Crippen LogP contribution in [0.4, 0.5) is 0 Å². The van der Waals surface area contributed by atoms with Gasteiger partial charge in [0.25, 0.3) is 0 Å². The van der Waals surface area contributed by atoms with Crippen LogP contribution in [-0.2, 0) is 11.3 Å². The SMILES string of the molecule is Cc1cc(CNC(C)C(=O)NC2CC2)sc1C. The van der Waals surface area contributed by atoms with E-state index in [0.29, 0.717) is 6.04 Å². The fourth-order valence-electron chi connectivity index (χ4n) is 1.64. The first kappa shape index (κ1) is 12.6. The molecule has 0 spiro atoms. The van der Waals surface area contributed by atoms with Gasteiger partial charge in [-0.2, -0.15) is 0 Å². The van der Waals surface area contributed by atoms with Crippen molar-refractivity contribution in [2.45, 2.75) is 52.2 Å². The molecule has 1 aromatic heterocycles. The van der Waals surface area contributed by atoms with Gasteiger partial charge in [-0.3, -0.25) is 4.79 Å². The van der Waals surface area contributed by atoms with E-state index in [4.69, 9.17) is 0 Å². The quantitative estimate of drug-likeness (QED) is 0.843. The summed E-state index contributed by atoms with van der Waals surface area (Å²) in [5, 5.41) is 6.28. The summed E-state index contributed by atoms with van der Waals surface area (Å²) in [5.74, 6) is 0.123. The van der Waals surface area contributed by atoms with Crippen molar-refractivity contribution in [1.29, 1.82) is 0 Å². The number of rotatable bonds is 5. The van der Waals surface area contributed by atoms with Crippen LogP contribution in [0.2, 0.25) is 0 Å². The number of hydrogen-bond donors (Lipinski definition) is 2. The van der Waals surface area contributed by atoms with Crippen LogP contribution in [0, 0.1) is 13.8 Å². The highest BCUT2D eigenvalue weighted by atomic mass is 32.1. The normalized spacial score (nSPS) is 16.9. The summed E-state index contributed by atoms with van der Waals surface area (Å²) in [6.07, 6.45) is 2.28. The number of amides is 1. The highest BCUT2D eigenvalue weighted by Gasteiger charge is 2.25. The summed E-state index contributed by atoms with van der Waals surface area (Å²) < 4.78 is 0. The van der Waals surface area contributed by atoms with Gasteiger partial charge in [0.15, 0.2) is 0 Å². The van der Waals surface area contributed by atoms with Gasteiger partial charge in [0, 0.05) is 22.3 Å². The molecule has 1 aliphatic carbocycles. The number of carbonyl (C=O) groups is 1. The fourth-order valence-corrected chi connectivity index (χ4v) is 2.64. The summed E-state index contributed by atoms with van der Waals surface area (Å²) >= 11 is 1.80. The Morgan fingerprint density at radius 2 is 2.24 bits per heavy atom. The lowest BCUT2D eigenvalue weighted by molar-refractivity contribution is -0.122. The van der Waals surface area contributed by atoms with E-state index < -0.39 is 0 Å². The van der Waals surface area contributed by atoms with Crippen LogP contribution < -0.4 is 10.6 Å². The van der Waals surface area contributed by atoms with Crippen molar-refractivity contribution in [3.63, 3.8) is 0 Å². The van der Waals surface area contributed by atoms with Crippen LogP contribution in [0.5, 0.6) is 0 Å². The largest absolute Gasteiger partial charge is 0.352 e. The number of nitrogens with one attached hydrogen (secondary N) is 2. The second kappa shape index (κ2) is 5.19. The molecule has 1 atom stereocenters. The van der Waals surface area contributed by atoms with Crippen molar-refractivity contribution in [3.05, 3.63) is 21.4 Å². The number of thiophene rings is 1. The lowest BCUT2D eigenvalue weighted by Gasteiger charge is -2.12. The third-order valence-electron chi connectivity index (χ3n) is 3.12. The maximum atomic E-state index is 11.7. The maximum absolute atomic E-state index is 11.7. The highest BCUT2D eigenvalue weighted by Crippen LogP contribution is 2.20. The van der Waals surface area contributed by atoms with Crippen LogP contribution in [0.1, 0.15) is 35.1 Å². The Balaban J connectivity index is 1.78. The van der Waals surface area contributed by atoms with Gasteiger partial charge < -0.3 is 10.6 Å². The Labute approximate surface area is 107 Å². The molecule has 0 aromatic carbocycles. The molecule has 1 heterocycles. The molecule has 1 aliphatic rings. The van der Waals surface area contributed by atoms with E-state index in [0.717, 1.165) is 19.4 Å². The number of hydrogen-bond acceptors (Lipinski definition) is 3. The molecule has 1 unspecified atom stereocenters. The molecule has 94 valence electrons. The van der Waals surface area contributed by atoms with Crippen molar-refractivity contribution < 1.29 is 4.79 Å². The van der Waals surface area contributed by atoms with Crippen LogP contribution in [-0.4, -0.2) is 18.0 Å². The van der Waals surface area contributed by atoms with E-state index in [9.17, 15) is 4.79 Å². The van der Waals surface area contributed by atoms with Crippen molar-refractivity contribution in [3.8, 4) is 0 Å². The van der Waals surface area contributed by atoms with Crippen LogP contribution in [0.25, 0.3) is 0 Å². The van der Waals surface area contributed by atoms with Gasteiger partial charge in [0.05, 0.1) is 6.04 Å². The van der Waals surface area contributed by atoms with E-state index >= 15 is 0 Å². The number of aryl methyl sites for hydroxylation is 2. The first-order chi connectivity index (χ1) is 8.06. The molecular formula is C13H20N2OS. The Morgan fingerprint density at radius 1 is 1.53 bits per heavy atom. The molecular weight excluding hydrogens is 232 g/mol. The zero-order valence-electron chi connectivity index (χ0n) is 10.7. The second-order valence-electron chi connectivity index (χ2n) is 4.84. The third kappa shape index (κ3) is 3.54. The van der Waals surface area contributed by atoms with Gasteiger partial charge in [-0.05, 0) is 45.2 Å². The summed E-state index contributed by atoms with van der Waals surface area (Å²) in [7, 11) is 0. The summed E-state index contributed by atoms with van der Waals surface area (Å²) in [6, 6.07) is 2.52. The molecule has 0 saturated heterocycles. The average Bonchev–Trinajstić information content (AvgIpc) is 3.03. The highest BCUT2D eigenvalue weighted by molar-refractivity contribution is 7.12. The predicted molar refractivity (Wildman–Crippen MR) is 71.3 cm³/mol. The molecule has 2 N–H and O–H groups in total. The molecule has 1 amide bonds. The fraction of sp³-hybridized carbons (Fsp3) is 0.615. The first-order valence-electron chi connectivity index (χ1n) is 6.16. The monoisotopic (exact) mass is 252 g/mol. The van der Waals surface area contributed by atoms with E-state index in [-0.39, 0.29) is 11.9 Å². The Kier molecular flexibility index (Phi) is 3.84. The molecule has 3 nitrogen and oxygen atoms in total. The molecule has 17 heavy (non-hydrogen) atoms. The molecule has 1 fully saturated rings. The molecule has 2 rings (SSSR count).